The standard InChI is InChI=1S/C3H8O.C3H8S.3C2H6.CH4O.3CH4/c2*1-3-4-2;4*1-2;;;/h2*3H2,1-2H3;3*1-2H3;2H,1H3;3*1H4. The van der Waals surface area contributed by atoms with Crippen molar-refractivity contribution in [3.05, 3.63) is 0 Å². The van der Waals surface area contributed by atoms with Crippen LogP contribution in [0, 0.1) is 0 Å². The number of methoxy groups -OCH3 is 1. The maximum atomic E-state index is 7.00. The molecule has 1 N–H and O–H groups in total. The van der Waals surface area contributed by atoms with Gasteiger partial charge in [-0.1, -0.05) is 70.7 Å². The van der Waals surface area contributed by atoms with Crippen molar-refractivity contribution < 1.29 is 9.84 Å². The number of aliphatic hydroxyl groups is 1. The SMILES string of the molecule is C.C.C.CC.CC.CC.CCOC.CCSC.CO. The molecule has 0 radical (unpaired) electrons. The van der Waals surface area contributed by atoms with Gasteiger partial charge >= 0.3 is 0 Å². The molecular weight excluding hydrogens is 256 g/mol. The molecular formula is C16H50O2S. The Balaban J connectivity index is -0.00000000908. The molecule has 0 aromatic heterocycles. The summed E-state index contributed by atoms with van der Waals surface area (Å²) in [5, 5.41) is 7.00. The first-order valence-corrected chi connectivity index (χ1v) is 7.65. The van der Waals surface area contributed by atoms with Gasteiger partial charge in [-0.2, -0.15) is 11.8 Å². The fourth-order valence-electron chi connectivity index (χ4n) is 0. The van der Waals surface area contributed by atoms with Crippen LogP contribution in [0.5, 0.6) is 0 Å². The van der Waals surface area contributed by atoms with Crippen LogP contribution in [0.3, 0.4) is 0 Å². The zero-order valence-corrected chi connectivity index (χ0v) is 14.5. The van der Waals surface area contributed by atoms with E-state index in [0.717, 1.165) is 13.7 Å². The van der Waals surface area contributed by atoms with Crippen LogP contribution in [0.1, 0.15) is 77.7 Å². The van der Waals surface area contributed by atoms with E-state index in [2.05, 4.69) is 17.9 Å². The average molecular weight is 307 g/mol. The molecule has 3 heteroatoms. The first-order valence-electron chi connectivity index (χ1n) is 6.26. The van der Waals surface area contributed by atoms with Crippen LogP contribution in [0.15, 0.2) is 0 Å². The Morgan fingerprint density at radius 1 is 0.789 bits per heavy atom. The molecule has 0 spiro atoms. The van der Waals surface area contributed by atoms with Gasteiger partial charge in [0.1, 0.15) is 0 Å². The maximum Gasteiger partial charge on any atom is 0.0433 e. The van der Waals surface area contributed by atoms with E-state index in [9.17, 15) is 0 Å². The molecule has 0 saturated carbocycles. The second kappa shape index (κ2) is 299. The van der Waals surface area contributed by atoms with Crippen molar-refractivity contribution in [3.8, 4) is 0 Å². The Morgan fingerprint density at radius 2 is 0.895 bits per heavy atom. The lowest BCUT2D eigenvalue weighted by Crippen LogP contribution is -1.73. The Labute approximate surface area is 132 Å². The maximum absolute atomic E-state index is 7.00. The molecule has 0 heterocycles. The number of aliphatic hydroxyl groups excluding tert-OH is 1. The Hall–Kier alpha value is 0.270. The largest absolute Gasteiger partial charge is 0.400 e. The number of ether oxygens (including phenoxy) is 1. The normalized spacial score (nSPS) is 4.42. The Kier molecular flexibility index (Phi) is 959. The summed E-state index contributed by atoms with van der Waals surface area (Å²) in [5.41, 5.74) is 0. The van der Waals surface area contributed by atoms with Crippen LogP contribution in [0.2, 0.25) is 0 Å². The first-order chi connectivity index (χ1) is 7.83. The second-order valence-electron chi connectivity index (χ2n) is 1.15. The molecule has 19 heavy (non-hydrogen) atoms. The smallest absolute Gasteiger partial charge is 0.0433 e. The molecule has 132 valence electrons. The molecule has 0 fully saturated rings. The summed E-state index contributed by atoms with van der Waals surface area (Å²) in [4.78, 5) is 0. The van der Waals surface area contributed by atoms with Crippen LogP contribution in [-0.4, -0.2) is 37.9 Å². The number of rotatable bonds is 2. The van der Waals surface area contributed by atoms with E-state index < -0.39 is 0 Å². The molecule has 0 aliphatic rings. The highest BCUT2D eigenvalue weighted by Gasteiger charge is 1.55. The van der Waals surface area contributed by atoms with E-state index in [1.54, 1.807) is 7.11 Å². The van der Waals surface area contributed by atoms with E-state index in [0.29, 0.717) is 0 Å². The average Bonchev–Trinajstić information content (AvgIpc) is 2.47. The minimum Gasteiger partial charge on any atom is -0.400 e. The van der Waals surface area contributed by atoms with Crippen LogP contribution >= 0.6 is 11.8 Å². The lowest BCUT2D eigenvalue weighted by Gasteiger charge is -1.76. The number of hydrogen-bond donors (Lipinski definition) is 1. The van der Waals surface area contributed by atoms with Gasteiger partial charge in [-0.05, 0) is 18.9 Å². The highest BCUT2D eigenvalue weighted by Crippen LogP contribution is 1.83. The van der Waals surface area contributed by atoms with E-state index in [1.807, 2.05) is 60.2 Å². The van der Waals surface area contributed by atoms with Crippen LogP contribution < -0.4 is 0 Å². The molecule has 0 aromatic carbocycles. The van der Waals surface area contributed by atoms with Crippen LogP contribution in [0.25, 0.3) is 0 Å². The Morgan fingerprint density at radius 3 is 0.895 bits per heavy atom. The summed E-state index contributed by atoms with van der Waals surface area (Å²) in [6.45, 7) is 16.9. The van der Waals surface area contributed by atoms with Gasteiger partial charge in [-0.15, -0.1) is 0 Å². The third kappa shape index (κ3) is 939. The topological polar surface area (TPSA) is 29.5 Å². The molecule has 0 saturated heterocycles. The van der Waals surface area contributed by atoms with Crippen molar-refractivity contribution in [1.29, 1.82) is 0 Å². The number of hydrogen-bond acceptors (Lipinski definition) is 3. The number of thioether (sulfide) groups is 1. The third-order valence-electron chi connectivity index (χ3n) is 0.577. The molecule has 0 unspecified atom stereocenters. The fraction of sp³-hybridized carbons (Fsp3) is 1.00. The van der Waals surface area contributed by atoms with Crippen molar-refractivity contribution >= 4 is 11.8 Å². The predicted molar refractivity (Wildman–Crippen MR) is 104 cm³/mol. The molecule has 0 aromatic rings. The van der Waals surface area contributed by atoms with Gasteiger partial charge in [0.25, 0.3) is 0 Å². The first kappa shape index (κ1) is 61.0. The summed E-state index contributed by atoms with van der Waals surface area (Å²) in [6.07, 6.45) is 2.10. The minimum absolute atomic E-state index is 0. The molecule has 0 rings (SSSR count). The van der Waals surface area contributed by atoms with Crippen molar-refractivity contribution in [1.82, 2.24) is 0 Å². The van der Waals surface area contributed by atoms with Crippen molar-refractivity contribution in [2.45, 2.75) is 77.7 Å². The van der Waals surface area contributed by atoms with Crippen molar-refractivity contribution in [2.24, 2.45) is 0 Å². The van der Waals surface area contributed by atoms with Gasteiger partial charge in [0, 0.05) is 20.8 Å². The monoisotopic (exact) mass is 306 g/mol. The lowest BCUT2D eigenvalue weighted by atomic mass is 10.9. The molecule has 0 amide bonds. The van der Waals surface area contributed by atoms with Gasteiger partial charge in [0.2, 0.25) is 0 Å². The van der Waals surface area contributed by atoms with E-state index in [4.69, 9.17) is 5.11 Å². The lowest BCUT2D eigenvalue weighted by molar-refractivity contribution is 0.215. The molecule has 0 atom stereocenters. The van der Waals surface area contributed by atoms with Crippen LogP contribution in [0.4, 0.5) is 0 Å². The predicted octanol–water partition coefficient (Wildman–Crippen LogP) is 6.62. The van der Waals surface area contributed by atoms with Crippen molar-refractivity contribution in [2.75, 3.05) is 32.8 Å². The molecule has 0 bridgehead atoms. The van der Waals surface area contributed by atoms with Gasteiger partial charge < -0.3 is 9.84 Å². The summed E-state index contributed by atoms with van der Waals surface area (Å²) in [6, 6.07) is 0. The highest BCUT2D eigenvalue weighted by molar-refractivity contribution is 7.98. The van der Waals surface area contributed by atoms with Crippen LogP contribution in [-0.2, 0) is 4.74 Å². The van der Waals surface area contributed by atoms with Gasteiger partial charge in [0.05, 0.1) is 0 Å². The van der Waals surface area contributed by atoms with Gasteiger partial charge in [0.15, 0.2) is 0 Å². The quantitative estimate of drug-likeness (QED) is 0.621. The fourth-order valence-corrected chi connectivity index (χ4v) is 0. The van der Waals surface area contributed by atoms with E-state index in [1.165, 1.54) is 5.75 Å². The zero-order valence-electron chi connectivity index (χ0n) is 13.7. The van der Waals surface area contributed by atoms with E-state index in [-0.39, 0.29) is 22.3 Å². The molecule has 0 aliphatic heterocycles. The molecule has 0 aliphatic carbocycles. The molecule has 2 nitrogen and oxygen atoms in total. The zero-order chi connectivity index (χ0) is 14.8. The van der Waals surface area contributed by atoms with Gasteiger partial charge in [-0.25, -0.2) is 0 Å². The van der Waals surface area contributed by atoms with Crippen molar-refractivity contribution in [3.63, 3.8) is 0 Å². The summed E-state index contributed by atoms with van der Waals surface area (Å²) in [7, 11) is 2.68. The second-order valence-corrected chi connectivity index (χ2v) is 2.31. The van der Waals surface area contributed by atoms with Gasteiger partial charge in [-0.3, -0.25) is 0 Å². The highest BCUT2D eigenvalue weighted by atomic mass is 32.2. The van der Waals surface area contributed by atoms with E-state index >= 15 is 0 Å². The third-order valence-corrected chi connectivity index (χ3v) is 1.15. The Bertz CT molecular complexity index is 22.7. The summed E-state index contributed by atoms with van der Waals surface area (Å²) >= 11 is 1.86. The summed E-state index contributed by atoms with van der Waals surface area (Å²) in [5.74, 6) is 1.24. The minimum atomic E-state index is 0. The summed E-state index contributed by atoms with van der Waals surface area (Å²) < 4.78 is 4.54.